The minimum Gasteiger partial charge on any atom is -0.468 e. The summed E-state index contributed by atoms with van der Waals surface area (Å²) in [5, 5.41) is 8.32. The maximum atomic E-state index is 5.99. The van der Waals surface area contributed by atoms with E-state index in [4.69, 9.17) is 32.8 Å². The van der Waals surface area contributed by atoms with Crippen molar-refractivity contribution in [3.05, 3.63) is 15.9 Å². The lowest BCUT2D eigenvalue weighted by Crippen LogP contribution is -2.25. The third-order valence-electron chi connectivity index (χ3n) is 1.92. The van der Waals surface area contributed by atoms with Crippen molar-refractivity contribution in [2.75, 3.05) is 6.61 Å². The number of oxime groups is 1. The second-order valence-electron chi connectivity index (χ2n) is 3.20. The molecule has 7 heteroatoms. The number of ether oxygens (including phenoxy) is 1. The van der Waals surface area contributed by atoms with Crippen LogP contribution in [0.1, 0.15) is 12.5 Å². The van der Waals surface area contributed by atoms with Crippen molar-refractivity contribution in [2.24, 2.45) is 12.2 Å². The number of rotatable bonds is 1. The van der Waals surface area contributed by atoms with Gasteiger partial charge in [-0.05, 0) is 12.1 Å². The van der Waals surface area contributed by atoms with Gasteiger partial charge in [-0.1, -0.05) is 23.2 Å². The highest BCUT2D eigenvalue weighted by Crippen LogP contribution is 2.26. The van der Waals surface area contributed by atoms with Crippen molar-refractivity contribution in [3.8, 4) is 0 Å². The summed E-state index contributed by atoms with van der Waals surface area (Å²) in [7, 11) is 1.69. The smallest absolute Gasteiger partial charge is 0.264 e. The van der Waals surface area contributed by atoms with Gasteiger partial charge in [0, 0.05) is 7.05 Å². The Morgan fingerprint density at radius 1 is 1.47 bits per heavy atom. The number of aromatic nitrogens is 2. The van der Waals surface area contributed by atoms with E-state index in [1.54, 1.807) is 7.05 Å². The lowest BCUT2D eigenvalue weighted by molar-refractivity contribution is 0.0196. The largest absolute Gasteiger partial charge is 0.468 e. The van der Waals surface area contributed by atoms with Crippen LogP contribution in [-0.2, 0) is 16.6 Å². The van der Waals surface area contributed by atoms with E-state index in [0.29, 0.717) is 17.3 Å². The van der Waals surface area contributed by atoms with Gasteiger partial charge < -0.3 is 9.57 Å². The number of halogens is 2. The highest BCUT2D eigenvalue weighted by molar-refractivity contribution is 6.38. The molecule has 0 saturated carbocycles. The molecule has 0 radical (unpaired) electrons. The molecule has 1 unspecified atom stereocenters. The van der Waals surface area contributed by atoms with Crippen LogP contribution in [0.4, 0.5) is 0 Å². The number of hydrogen-bond donors (Lipinski definition) is 0. The highest BCUT2D eigenvalue weighted by atomic mass is 35.5. The van der Waals surface area contributed by atoms with Crippen LogP contribution in [0.2, 0.25) is 10.3 Å². The first-order chi connectivity index (χ1) is 7.09. The number of hydrogen-bond acceptors (Lipinski definition) is 4. The maximum absolute atomic E-state index is 5.99. The molecule has 0 fully saturated rings. The van der Waals surface area contributed by atoms with Crippen molar-refractivity contribution >= 4 is 29.1 Å². The van der Waals surface area contributed by atoms with Gasteiger partial charge in [-0.3, -0.25) is 4.68 Å². The molecule has 1 atom stereocenters. The van der Waals surface area contributed by atoms with Gasteiger partial charge in [0.2, 0.25) is 0 Å². The summed E-state index contributed by atoms with van der Waals surface area (Å²) in [5.74, 6) is 0.275. The zero-order valence-electron chi connectivity index (χ0n) is 8.20. The highest BCUT2D eigenvalue weighted by Gasteiger charge is 2.25. The van der Waals surface area contributed by atoms with E-state index < -0.39 is 0 Å². The van der Waals surface area contributed by atoms with Gasteiger partial charge in [0.25, 0.3) is 5.90 Å². The van der Waals surface area contributed by atoms with Gasteiger partial charge in [0.1, 0.15) is 16.8 Å². The Morgan fingerprint density at radius 2 is 2.20 bits per heavy atom. The molecule has 0 N–H and O–H groups in total. The second kappa shape index (κ2) is 3.90. The fraction of sp³-hybridized carbons (Fsp3) is 0.500. The first-order valence-corrected chi connectivity index (χ1v) is 5.10. The van der Waals surface area contributed by atoms with Crippen LogP contribution in [0, 0.1) is 0 Å². The van der Waals surface area contributed by atoms with Crippen LogP contribution in [0.5, 0.6) is 0 Å². The minimum absolute atomic E-state index is 0.0789. The Labute approximate surface area is 96.5 Å². The van der Waals surface area contributed by atoms with Gasteiger partial charge >= 0.3 is 0 Å². The van der Waals surface area contributed by atoms with Crippen molar-refractivity contribution in [1.82, 2.24) is 9.78 Å². The Hall–Kier alpha value is -0.940. The molecule has 1 aromatic heterocycles. The molecule has 1 aliphatic rings. The molecule has 1 aliphatic heterocycles. The summed E-state index contributed by atoms with van der Waals surface area (Å²) in [6, 6.07) is 0. The van der Waals surface area contributed by atoms with Crippen molar-refractivity contribution in [1.29, 1.82) is 0 Å². The molecule has 1 aromatic rings. The summed E-state index contributed by atoms with van der Waals surface area (Å²) < 4.78 is 6.90. The van der Waals surface area contributed by atoms with Gasteiger partial charge in [0.15, 0.2) is 11.8 Å². The number of nitrogens with zero attached hydrogens (tertiary/aromatic N) is 3. The average Bonchev–Trinajstić information content (AvgIpc) is 2.41. The molecule has 0 amide bonds. The maximum Gasteiger partial charge on any atom is 0.264 e. The summed E-state index contributed by atoms with van der Waals surface area (Å²) in [4.78, 5) is 4.98. The van der Waals surface area contributed by atoms with Crippen LogP contribution in [0.3, 0.4) is 0 Å². The Balaban J connectivity index is 2.41. The third kappa shape index (κ3) is 1.89. The Bertz CT molecular complexity index is 416. The normalized spacial score (nSPS) is 20.5. The topological polar surface area (TPSA) is 48.6 Å². The molecule has 0 aromatic carbocycles. The predicted molar refractivity (Wildman–Crippen MR) is 56.3 cm³/mol. The fourth-order valence-electron chi connectivity index (χ4n) is 1.20. The van der Waals surface area contributed by atoms with E-state index in [1.807, 2.05) is 6.92 Å². The molecule has 0 bridgehead atoms. The van der Waals surface area contributed by atoms with Gasteiger partial charge in [-0.2, -0.15) is 5.10 Å². The lowest BCUT2D eigenvalue weighted by Gasteiger charge is -2.19. The summed E-state index contributed by atoms with van der Waals surface area (Å²) in [6.45, 7) is 2.28. The zero-order valence-corrected chi connectivity index (χ0v) is 9.71. The van der Waals surface area contributed by atoms with Crippen molar-refractivity contribution in [2.45, 2.75) is 13.0 Å². The summed E-state index contributed by atoms with van der Waals surface area (Å²) >= 11 is 11.9. The molecule has 82 valence electrons. The molecule has 0 aliphatic carbocycles. The third-order valence-corrected chi connectivity index (χ3v) is 2.62. The molecule has 15 heavy (non-hydrogen) atoms. The molecule has 0 spiro atoms. The molecule has 0 saturated heterocycles. The molecule has 2 heterocycles. The van der Waals surface area contributed by atoms with Gasteiger partial charge in [0.05, 0.1) is 0 Å². The van der Waals surface area contributed by atoms with E-state index >= 15 is 0 Å². The molecule has 5 nitrogen and oxygen atoms in total. The Morgan fingerprint density at radius 3 is 2.73 bits per heavy atom. The van der Waals surface area contributed by atoms with E-state index in [9.17, 15) is 0 Å². The van der Waals surface area contributed by atoms with E-state index in [-0.39, 0.29) is 17.2 Å². The standard InChI is InChI=1S/C8H9Cl2N3O2/c1-4-3-14-12-8(15-4)5-6(9)11-13(2)7(5)10/h4H,3H2,1-2H3. The first kappa shape index (κ1) is 10.6. The van der Waals surface area contributed by atoms with Crippen LogP contribution >= 0.6 is 23.2 Å². The van der Waals surface area contributed by atoms with Crippen molar-refractivity contribution < 1.29 is 9.57 Å². The molecular weight excluding hydrogens is 241 g/mol. The van der Waals surface area contributed by atoms with E-state index in [2.05, 4.69) is 10.3 Å². The quantitative estimate of drug-likeness (QED) is 0.763. The van der Waals surface area contributed by atoms with Crippen LogP contribution in [0.25, 0.3) is 0 Å². The summed E-state index contributed by atoms with van der Waals surface area (Å²) in [6.07, 6.45) is -0.0789. The lowest BCUT2D eigenvalue weighted by atomic mass is 10.3. The van der Waals surface area contributed by atoms with Crippen LogP contribution in [-0.4, -0.2) is 28.4 Å². The van der Waals surface area contributed by atoms with Crippen LogP contribution in [0.15, 0.2) is 5.16 Å². The molecular formula is C8H9Cl2N3O2. The van der Waals surface area contributed by atoms with Gasteiger partial charge in [-0.15, -0.1) is 0 Å². The van der Waals surface area contributed by atoms with Crippen LogP contribution < -0.4 is 0 Å². The van der Waals surface area contributed by atoms with Crippen molar-refractivity contribution in [3.63, 3.8) is 0 Å². The second-order valence-corrected chi connectivity index (χ2v) is 3.92. The molecule has 2 rings (SSSR count). The van der Waals surface area contributed by atoms with E-state index in [0.717, 1.165) is 0 Å². The fourth-order valence-corrected chi connectivity index (χ4v) is 1.74. The minimum atomic E-state index is -0.0789. The Kier molecular flexibility index (Phi) is 2.75. The average molecular weight is 250 g/mol. The monoisotopic (exact) mass is 249 g/mol. The predicted octanol–water partition coefficient (Wildman–Crippen LogP) is 1.82. The zero-order chi connectivity index (χ0) is 11.0. The van der Waals surface area contributed by atoms with Gasteiger partial charge in [-0.25, -0.2) is 0 Å². The first-order valence-electron chi connectivity index (χ1n) is 4.34. The number of aryl methyl sites for hydroxylation is 1. The van der Waals surface area contributed by atoms with E-state index in [1.165, 1.54) is 4.68 Å². The SMILES string of the molecule is CC1CON=C(c2c(Cl)nn(C)c2Cl)O1. The summed E-state index contributed by atoms with van der Waals surface area (Å²) in [5.41, 5.74) is 0.465.